The van der Waals surface area contributed by atoms with E-state index < -0.39 is 45.8 Å². The van der Waals surface area contributed by atoms with Gasteiger partial charge in [-0.3, -0.25) is 9.11 Å². The molecule has 0 saturated heterocycles. The van der Waals surface area contributed by atoms with E-state index in [1.54, 1.807) is 0 Å². The Morgan fingerprint density at radius 3 is 1.22 bits per heavy atom. The number of hydrogen-bond donors (Lipinski definition) is 2. The molecule has 52 valence electrons. The summed E-state index contributed by atoms with van der Waals surface area (Å²) < 4.78 is 51.2. The van der Waals surface area contributed by atoms with Gasteiger partial charge >= 0.3 is 86.3 Å². The fourth-order valence-corrected chi connectivity index (χ4v) is 0. The van der Waals surface area contributed by atoms with E-state index in [1.165, 1.54) is 0 Å². The summed E-state index contributed by atoms with van der Waals surface area (Å²) in [5.41, 5.74) is 0. The molecule has 0 rings (SSSR count). The molecular formula is H4Ca2F2O4S. The van der Waals surface area contributed by atoms with Gasteiger partial charge in [-0.15, -0.1) is 0 Å². The molecule has 0 fully saturated rings. The molecule has 0 aliphatic carbocycles. The molecular weight excluding hydrogens is 214 g/mol. The topological polar surface area (TPSA) is 74.6 Å². The number of rotatable bonds is 0. The molecule has 2 N–H and O–H groups in total. The van der Waals surface area contributed by atoms with Crippen molar-refractivity contribution in [1.82, 2.24) is 0 Å². The Hall–Kier alpha value is 2.25. The molecule has 0 aromatic rings. The van der Waals surface area contributed by atoms with Crippen molar-refractivity contribution in [2.24, 2.45) is 0 Å². The van der Waals surface area contributed by atoms with Crippen molar-refractivity contribution in [3.63, 3.8) is 0 Å². The molecule has 0 unspecified atom stereocenters. The molecule has 4 nitrogen and oxygen atoms in total. The summed E-state index contributed by atoms with van der Waals surface area (Å²) in [6, 6.07) is 0. The summed E-state index contributed by atoms with van der Waals surface area (Å²) in [4.78, 5) is 0. The van der Waals surface area contributed by atoms with Crippen LogP contribution in [0.2, 0.25) is 0 Å². The van der Waals surface area contributed by atoms with Crippen molar-refractivity contribution in [2.45, 2.75) is 0 Å². The van der Waals surface area contributed by atoms with E-state index in [4.69, 9.17) is 17.5 Å². The van der Waals surface area contributed by atoms with Crippen LogP contribution in [-0.2, 0) is 10.4 Å². The Balaban J connectivity index is -0.0000000800. The second kappa shape index (κ2) is 10.2. The van der Waals surface area contributed by atoms with E-state index in [0.29, 0.717) is 0 Å². The molecule has 0 heterocycles. The van der Waals surface area contributed by atoms with Gasteiger partial charge in [-0.2, -0.15) is 8.42 Å². The summed E-state index contributed by atoms with van der Waals surface area (Å²) in [5.74, 6) is 0. The van der Waals surface area contributed by atoms with Gasteiger partial charge in [0, 0.05) is 0 Å². The van der Waals surface area contributed by atoms with Crippen molar-refractivity contribution < 1.29 is 20.3 Å². The third kappa shape index (κ3) is 138. The maximum atomic E-state index is 9.81. The summed E-state index contributed by atoms with van der Waals surface area (Å²) >= 11 is -2.88. The zero-order chi connectivity index (χ0) is 7.21. The monoisotopic (exact) mass is 218 g/mol. The Labute approximate surface area is 102 Å². The quantitative estimate of drug-likeness (QED) is 0.399. The van der Waals surface area contributed by atoms with Gasteiger partial charge in [0.1, 0.15) is 0 Å². The molecule has 0 radical (unpaired) electrons. The Kier molecular flexibility index (Phi) is 19.8. The van der Waals surface area contributed by atoms with Crippen molar-refractivity contribution in [3.8, 4) is 0 Å². The van der Waals surface area contributed by atoms with Crippen LogP contribution in [0.25, 0.3) is 0 Å². The molecule has 0 aromatic heterocycles. The van der Waals surface area contributed by atoms with Crippen LogP contribution in [0, 0.1) is 0 Å². The van der Waals surface area contributed by atoms with E-state index in [0.717, 1.165) is 0 Å². The first-order chi connectivity index (χ1) is 3.41. The predicted octanol–water partition coefficient (Wildman–Crippen LogP) is -1.11. The van der Waals surface area contributed by atoms with Gasteiger partial charge < -0.3 is 0 Å². The second-order valence-electron chi connectivity index (χ2n) is 0.549. The third-order valence-electron chi connectivity index (χ3n) is 0. The molecule has 9 heteroatoms. The molecule has 9 heavy (non-hydrogen) atoms. The van der Waals surface area contributed by atoms with Gasteiger partial charge in [0.05, 0.1) is 0 Å². The molecule has 0 bridgehead atoms. The summed E-state index contributed by atoms with van der Waals surface area (Å²) in [7, 11) is -4.67. The fraction of sp³-hybridized carbons (Fsp3) is 0. The van der Waals surface area contributed by atoms with Crippen molar-refractivity contribution in [3.05, 3.63) is 0 Å². The molecule has 0 spiro atoms. The van der Waals surface area contributed by atoms with Gasteiger partial charge in [-0.05, 0) is 0 Å². The molecule has 0 aliphatic rings. The minimum absolute atomic E-state index is 0. The van der Waals surface area contributed by atoms with Crippen LogP contribution in [0.1, 0.15) is 0 Å². The summed E-state index contributed by atoms with van der Waals surface area (Å²) in [5, 5.41) is 0. The van der Waals surface area contributed by atoms with E-state index in [2.05, 4.69) is 0 Å². The molecule has 0 amide bonds. The van der Waals surface area contributed by atoms with E-state index in [1.807, 2.05) is 0 Å². The Morgan fingerprint density at radius 1 is 1.22 bits per heavy atom. The van der Waals surface area contributed by atoms with Crippen LogP contribution in [0.5, 0.6) is 0 Å². The van der Waals surface area contributed by atoms with Crippen molar-refractivity contribution in [1.29, 1.82) is 0 Å². The second-order valence-corrected chi connectivity index (χ2v) is 1.76. The first kappa shape index (κ1) is 17.4. The number of halogens is 2. The summed E-state index contributed by atoms with van der Waals surface area (Å²) in [6.45, 7) is 0. The normalized spacial score (nSPS) is 7.56. The Bertz CT molecular complexity index is 111. The van der Waals surface area contributed by atoms with Crippen molar-refractivity contribution in [2.75, 3.05) is 0 Å². The molecule has 0 aromatic carbocycles. The van der Waals surface area contributed by atoms with Gasteiger partial charge in [0.25, 0.3) is 0 Å². The first-order valence-corrected chi connectivity index (χ1v) is 4.30. The van der Waals surface area contributed by atoms with Gasteiger partial charge in [-0.25, -0.2) is 0 Å². The molecule has 0 atom stereocenters. The van der Waals surface area contributed by atoms with E-state index in [9.17, 15) is 2.73 Å². The Morgan fingerprint density at radius 2 is 1.22 bits per heavy atom. The molecule has 0 aliphatic heterocycles. The van der Waals surface area contributed by atoms with Crippen LogP contribution >= 0.6 is 0 Å². The average Bonchev–Trinajstić information content (AvgIpc) is 1.27. The first-order valence-electron chi connectivity index (χ1n) is 1.23. The van der Waals surface area contributed by atoms with E-state index in [-0.39, 0.29) is 37.7 Å². The van der Waals surface area contributed by atoms with Gasteiger partial charge in [0.15, 0.2) is 0 Å². The SMILES string of the molecule is O=S(=O)(O)O.[CaH2].[F][Ca][F]. The average molecular weight is 218 g/mol. The maximum absolute atomic E-state index is 9.81. The van der Waals surface area contributed by atoms with Crippen LogP contribution in [0.15, 0.2) is 0 Å². The van der Waals surface area contributed by atoms with Crippen molar-refractivity contribution >= 4 is 83.5 Å². The third-order valence-corrected chi connectivity index (χ3v) is 0. The summed E-state index contributed by atoms with van der Waals surface area (Å²) in [6.07, 6.45) is 0. The standard InChI is InChI=1S/2Ca.2FH.H2O4S.2H/c;;;;1-5(2,3)4;;/h;;2*1H;(H2,1,2,3,4);;/q;+2;;;;;/p-2. The number of hydrogen-bond acceptors (Lipinski definition) is 2. The molecule has 0 saturated carbocycles. The van der Waals surface area contributed by atoms with Crippen LogP contribution < -0.4 is 0 Å². The zero-order valence-corrected chi connectivity index (χ0v) is 6.61. The van der Waals surface area contributed by atoms with Gasteiger partial charge in [0.2, 0.25) is 0 Å². The minimum atomic E-state index is -4.67. The van der Waals surface area contributed by atoms with Crippen LogP contribution in [0.3, 0.4) is 0 Å². The van der Waals surface area contributed by atoms with Crippen LogP contribution in [0.4, 0.5) is 2.73 Å². The van der Waals surface area contributed by atoms with Crippen LogP contribution in [-0.4, -0.2) is 90.7 Å². The van der Waals surface area contributed by atoms with E-state index >= 15 is 0 Å². The zero-order valence-electron chi connectivity index (χ0n) is 3.58. The van der Waals surface area contributed by atoms with Gasteiger partial charge in [-0.1, -0.05) is 0 Å². The fourth-order valence-electron chi connectivity index (χ4n) is 0. The predicted molar refractivity (Wildman–Crippen MR) is 30.7 cm³/mol.